The Morgan fingerprint density at radius 1 is 1.00 bits per heavy atom. The summed E-state index contributed by atoms with van der Waals surface area (Å²) in [4.78, 5) is 37.5. The van der Waals surface area contributed by atoms with E-state index in [1.54, 1.807) is 6.08 Å². The molecule has 0 radical (unpaired) electrons. The number of carbonyl (C=O) groups excluding carboxylic acids is 2. The van der Waals surface area contributed by atoms with Crippen LogP contribution in [-0.4, -0.2) is 33.4 Å². The molecule has 0 aliphatic heterocycles. The highest BCUT2D eigenvalue weighted by atomic mass is 16.4. The minimum Gasteiger partial charge on any atom is -0.504 e. The van der Waals surface area contributed by atoms with Gasteiger partial charge in [0.2, 0.25) is 0 Å². The molecule has 6 atom stereocenters. The van der Waals surface area contributed by atoms with Gasteiger partial charge in [-0.15, -0.1) is 0 Å². The van der Waals surface area contributed by atoms with Crippen LogP contribution in [0.4, 0.5) is 0 Å². The highest BCUT2D eigenvalue weighted by Gasteiger charge is 2.67. The number of rotatable bonds is 2. The number of carboxylic acid groups (broad SMARTS) is 1. The molecular formula is C29H36O6. The van der Waals surface area contributed by atoms with E-state index < -0.39 is 22.5 Å². The molecule has 0 spiro atoms. The Hall–Kier alpha value is -2.63. The van der Waals surface area contributed by atoms with Crippen molar-refractivity contribution in [3.63, 3.8) is 0 Å². The number of allylic oxidation sites excluding steroid dienone is 2. The van der Waals surface area contributed by atoms with E-state index >= 15 is 0 Å². The van der Waals surface area contributed by atoms with Crippen LogP contribution in [-0.2, 0) is 10.2 Å². The van der Waals surface area contributed by atoms with Gasteiger partial charge in [0, 0.05) is 11.0 Å². The topological polar surface area (TPSA) is 112 Å². The highest BCUT2D eigenvalue weighted by Crippen LogP contribution is 2.74. The number of carbonyl (C=O) groups is 3. The molecule has 4 aliphatic rings. The Bertz CT molecular complexity index is 1210. The van der Waals surface area contributed by atoms with Crippen LogP contribution >= 0.6 is 0 Å². The molecule has 0 bridgehead atoms. The van der Waals surface area contributed by atoms with Gasteiger partial charge >= 0.3 is 5.97 Å². The molecule has 3 N–H and O–H groups in total. The van der Waals surface area contributed by atoms with Crippen molar-refractivity contribution < 1.29 is 29.7 Å². The lowest BCUT2D eigenvalue weighted by atomic mass is 9.34. The molecule has 6 nitrogen and oxygen atoms in total. The maximum atomic E-state index is 13.5. The second-order valence-electron chi connectivity index (χ2n) is 13.0. The van der Waals surface area contributed by atoms with Crippen LogP contribution in [0.2, 0.25) is 0 Å². The zero-order valence-electron chi connectivity index (χ0n) is 21.3. The Morgan fingerprint density at radius 2 is 1.66 bits per heavy atom. The summed E-state index contributed by atoms with van der Waals surface area (Å²) < 4.78 is 0. The van der Waals surface area contributed by atoms with Crippen molar-refractivity contribution in [1.82, 2.24) is 0 Å². The number of hydrogen-bond donors (Lipinski definition) is 3. The number of phenolic OH excluding ortho intramolecular Hbond substituents is 2. The molecule has 0 saturated heterocycles. The van der Waals surface area contributed by atoms with E-state index in [-0.39, 0.29) is 44.8 Å². The first-order chi connectivity index (χ1) is 16.2. The van der Waals surface area contributed by atoms with E-state index in [4.69, 9.17) is 0 Å². The summed E-state index contributed by atoms with van der Waals surface area (Å²) in [5, 5.41) is 30.8. The maximum Gasteiger partial charge on any atom is 0.309 e. The van der Waals surface area contributed by atoms with Crippen molar-refractivity contribution >= 4 is 18.0 Å². The minimum atomic E-state index is -0.752. The van der Waals surface area contributed by atoms with Gasteiger partial charge in [0.15, 0.2) is 23.6 Å². The zero-order chi connectivity index (χ0) is 25.8. The van der Waals surface area contributed by atoms with Gasteiger partial charge in [-0.3, -0.25) is 14.4 Å². The second-order valence-corrected chi connectivity index (χ2v) is 13.0. The predicted molar refractivity (Wildman–Crippen MR) is 131 cm³/mol. The number of carboxylic acids is 1. The van der Waals surface area contributed by atoms with Gasteiger partial charge in [-0.1, -0.05) is 27.7 Å². The normalized spacial score (nSPS) is 42.1. The van der Waals surface area contributed by atoms with Crippen molar-refractivity contribution in [3.8, 4) is 11.5 Å². The molecule has 0 amide bonds. The Kier molecular flexibility index (Phi) is 4.80. The lowest BCUT2D eigenvalue weighted by Crippen LogP contribution is -2.62. The lowest BCUT2D eigenvalue weighted by molar-refractivity contribution is -0.177. The van der Waals surface area contributed by atoms with Crippen molar-refractivity contribution in [1.29, 1.82) is 0 Å². The van der Waals surface area contributed by atoms with Crippen LogP contribution in [0.3, 0.4) is 0 Å². The van der Waals surface area contributed by atoms with Crippen LogP contribution in [0.5, 0.6) is 11.5 Å². The molecule has 1 aromatic carbocycles. The fourth-order valence-electron chi connectivity index (χ4n) is 8.67. The zero-order valence-corrected chi connectivity index (χ0v) is 21.3. The summed E-state index contributed by atoms with van der Waals surface area (Å²) in [6.45, 7) is 10.8. The number of fused-ring (bicyclic) bond motifs is 7. The average Bonchev–Trinajstić information content (AvgIpc) is 2.80. The molecule has 5 rings (SSSR count). The van der Waals surface area contributed by atoms with E-state index in [9.17, 15) is 29.7 Å². The second kappa shape index (κ2) is 6.98. The fraction of sp³-hybridized carbons (Fsp3) is 0.621. The predicted octanol–water partition coefficient (Wildman–Crippen LogP) is 5.79. The number of ketones is 1. The monoisotopic (exact) mass is 480 g/mol. The summed E-state index contributed by atoms with van der Waals surface area (Å²) in [5.74, 6) is -1.79. The molecule has 3 saturated carbocycles. The Labute approximate surface area is 206 Å². The van der Waals surface area contributed by atoms with Gasteiger partial charge in [-0.2, -0.15) is 0 Å². The number of hydrogen-bond acceptors (Lipinski definition) is 5. The van der Waals surface area contributed by atoms with Crippen molar-refractivity contribution in [2.24, 2.45) is 27.6 Å². The smallest absolute Gasteiger partial charge is 0.309 e. The summed E-state index contributed by atoms with van der Waals surface area (Å²) in [6.07, 6.45) is 7.76. The van der Waals surface area contributed by atoms with E-state index in [1.807, 2.05) is 6.92 Å². The third-order valence-electron chi connectivity index (χ3n) is 11.4. The van der Waals surface area contributed by atoms with E-state index in [0.717, 1.165) is 31.3 Å². The molecule has 6 heteroatoms. The number of benzene rings is 1. The fourth-order valence-corrected chi connectivity index (χ4v) is 8.67. The highest BCUT2D eigenvalue weighted by molar-refractivity contribution is 6.13. The summed E-state index contributed by atoms with van der Waals surface area (Å²) in [6, 6.07) is 1.46. The Morgan fingerprint density at radius 3 is 2.29 bits per heavy atom. The van der Waals surface area contributed by atoms with Crippen molar-refractivity contribution in [2.45, 2.75) is 85.0 Å². The Balaban J connectivity index is 1.68. The number of phenols is 2. The molecule has 0 heterocycles. The van der Waals surface area contributed by atoms with E-state index in [1.165, 1.54) is 6.07 Å². The molecule has 1 aromatic rings. The first kappa shape index (κ1) is 24.1. The molecule has 0 unspecified atom stereocenters. The van der Waals surface area contributed by atoms with Gasteiger partial charge in [0.25, 0.3) is 0 Å². The summed E-state index contributed by atoms with van der Waals surface area (Å²) in [5.41, 5.74) is -0.155. The van der Waals surface area contributed by atoms with Crippen LogP contribution in [0.1, 0.15) is 106 Å². The van der Waals surface area contributed by atoms with Gasteiger partial charge in [0.1, 0.15) is 0 Å². The standard InChI is InChI=1S/C29H36O6/c1-25-6-7-26(2,24(34)35)14-21(25)29(5)11-9-27(3)17-12-19(32)23(33)16(15-30)22(17)18(31)13-20(27)28(29,4)10-8-25/h12-13,15,21,32-33H,6-11,14H2,1-5H3,(H,34,35)/t21-,25+,26+,27+,28-,29+/m0/s1. The maximum absolute atomic E-state index is 13.5. The molecule has 4 aliphatic carbocycles. The average molecular weight is 481 g/mol. The molecule has 35 heavy (non-hydrogen) atoms. The van der Waals surface area contributed by atoms with Crippen LogP contribution in [0.15, 0.2) is 17.7 Å². The number of aromatic hydroxyl groups is 2. The van der Waals surface area contributed by atoms with E-state index in [2.05, 4.69) is 27.7 Å². The number of aliphatic carboxylic acids is 1. The van der Waals surface area contributed by atoms with Gasteiger partial charge < -0.3 is 15.3 Å². The molecular weight excluding hydrogens is 444 g/mol. The minimum absolute atomic E-state index is 0.0584. The lowest BCUT2D eigenvalue weighted by Gasteiger charge is -2.69. The summed E-state index contributed by atoms with van der Waals surface area (Å²) in [7, 11) is 0. The first-order valence-corrected chi connectivity index (χ1v) is 12.7. The van der Waals surface area contributed by atoms with Gasteiger partial charge in [-0.25, -0.2) is 0 Å². The van der Waals surface area contributed by atoms with Crippen LogP contribution < -0.4 is 0 Å². The molecule has 0 aromatic heterocycles. The number of aldehydes is 1. The van der Waals surface area contributed by atoms with E-state index in [0.29, 0.717) is 31.1 Å². The molecule has 188 valence electrons. The largest absolute Gasteiger partial charge is 0.504 e. The quantitative estimate of drug-likeness (QED) is 0.365. The summed E-state index contributed by atoms with van der Waals surface area (Å²) >= 11 is 0. The van der Waals surface area contributed by atoms with Crippen molar-refractivity contribution in [3.05, 3.63) is 34.4 Å². The van der Waals surface area contributed by atoms with Crippen LogP contribution in [0, 0.1) is 27.6 Å². The van der Waals surface area contributed by atoms with Crippen molar-refractivity contribution in [2.75, 3.05) is 0 Å². The first-order valence-electron chi connectivity index (χ1n) is 12.7. The third-order valence-corrected chi connectivity index (χ3v) is 11.4. The van der Waals surface area contributed by atoms with Crippen LogP contribution in [0.25, 0.3) is 0 Å². The molecule has 3 fully saturated rings. The third kappa shape index (κ3) is 2.80. The SMILES string of the molecule is C[C@@]1(C(=O)O)CC[C@]2(C)CC[C@@]3(C)C4=CC(=O)c5c(cc(O)c(O)c5C=O)[C@@]4(C)CC[C@]3(C)[C@H]2C1. The van der Waals surface area contributed by atoms with Gasteiger partial charge in [-0.05, 0) is 97.3 Å². The van der Waals surface area contributed by atoms with Gasteiger partial charge in [0.05, 0.1) is 11.0 Å².